The molecule has 0 atom stereocenters. The smallest absolute Gasteiger partial charge is 0.269 e. The number of nitrogen functional groups attached to an aromatic ring is 1. The van der Waals surface area contributed by atoms with Crippen LogP contribution in [0.3, 0.4) is 0 Å². The molecule has 0 bridgehead atoms. The van der Waals surface area contributed by atoms with Crippen LogP contribution in [0.15, 0.2) is 40.8 Å². The molecule has 7 nitrogen and oxygen atoms in total. The average Bonchev–Trinajstić information content (AvgIpc) is 2.90. The number of nitrogens with one attached hydrogen (secondary N) is 1. The van der Waals surface area contributed by atoms with Crippen LogP contribution in [0.25, 0.3) is 22.3 Å². The summed E-state index contributed by atoms with van der Waals surface area (Å²) in [6.45, 7) is 0.388. The minimum Gasteiger partial charge on any atom is -0.455 e. The maximum atomic E-state index is 13.3. The maximum Gasteiger partial charge on any atom is 0.269 e. The molecule has 152 valence electrons. The van der Waals surface area contributed by atoms with Crippen LogP contribution in [0.1, 0.15) is 28.8 Å². The van der Waals surface area contributed by atoms with Crippen molar-refractivity contribution in [1.82, 2.24) is 5.43 Å². The first-order valence-electron chi connectivity index (χ1n) is 9.13. The number of hydrazine groups is 1. The number of amides is 1. The Bertz CT molecular complexity index is 1200. The molecule has 3 aromatic rings. The standard InChI is InChI=1S/C20H20FN3O4S/c1-29(26,27)24-9-3-2-4-13-10-15-17(11-16(13)24)28-19(18(15)20(25)23-22)12-5-7-14(21)8-6-12/h5-8,10-11H,2-4,9,22H2,1H3,(H,23,25). The summed E-state index contributed by atoms with van der Waals surface area (Å²) in [7, 11) is -3.46. The largest absolute Gasteiger partial charge is 0.455 e. The number of carbonyl (C=O) groups excluding carboxylic acids is 1. The lowest BCUT2D eigenvalue weighted by atomic mass is 10.0. The lowest BCUT2D eigenvalue weighted by Crippen LogP contribution is -2.31. The van der Waals surface area contributed by atoms with Crippen LogP contribution in [0.4, 0.5) is 10.1 Å². The van der Waals surface area contributed by atoms with E-state index in [9.17, 15) is 17.6 Å². The van der Waals surface area contributed by atoms with E-state index in [2.05, 4.69) is 5.43 Å². The number of benzene rings is 2. The van der Waals surface area contributed by atoms with Gasteiger partial charge < -0.3 is 4.42 Å². The lowest BCUT2D eigenvalue weighted by molar-refractivity contribution is 0.0955. The van der Waals surface area contributed by atoms with Crippen LogP contribution < -0.4 is 15.6 Å². The van der Waals surface area contributed by atoms with E-state index in [1.54, 1.807) is 12.1 Å². The second-order valence-corrected chi connectivity index (χ2v) is 8.96. The highest BCUT2D eigenvalue weighted by molar-refractivity contribution is 7.92. The summed E-state index contributed by atoms with van der Waals surface area (Å²) in [4.78, 5) is 12.5. The van der Waals surface area contributed by atoms with E-state index in [1.807, 2.05) is 0 Å². The summed E-state index contributed by atoms with van der Waals surface area (Å²) in [5.74, 6) is 4.67. The molecule has 1 aliphatic rings. The third kappa shape index (κ3) is 3.47. The van der Waals surface area contributed by atoms with Gasteiger partial charge in [0, 0.05) is 23.6 Å². The number of carbonyl (C=O) groups is 1. The monoisotopic (exact) mass is 417 g/mol. The number of anilines is 1. The fourth-order valence-corrected chi connectivity index (χ4v) is 4.74. The molecule has 3 N–H and O–H groups in total. The van der Waals surface area contributed by atoms with E-state index in [0.29, 0.717) is 35.2 Å². The Morgan fingerprint density at radius 3 is 2.59 bits per heavy atom. The second-order valence-electron chi connectivity index (χ2n) is 7.06. The highest BCUT2D eigenvalue weighted by Gasteiger charge is 2.27. The van der Waals surface area contributed by atoms with Crippen molar-refractivity contribution in [3.63, 3.8) is 0 Å². The number of hydrogen-bond donors (Lipinski definition) is 2. The SMILES string of the molecule is CS(=O)(=O)N1CCCCc2cc3c(C(=O)NN)c(-c4ccc(F)cc4)oc3cc21. The third-order valence-corrected chi connectivity index (χ3v) is 6.26. The van der Waals surface area contributed by atoms with Gasteiger partial charge >= 0.3 is 0 Å². The van der Waals surface area contributed by atoms with Crippen molar-refractivity contribution >= 4 is 32.6 Å². The number of hydrogen-bond acceptors (Lipinski definition) is 5. The zero-order valence-corrected chi connectivity index (χ0v) is 16.6. The molecule has 0 fully saturated rings. The number of furan rings is 1. The molecule has 0 unspecified atom stereocenters. The summed E-state index contributed by atoms with van der Waals surface area (Å²) in [6, 6.07) is 9.00. The minimum atomic E-state index is -3.46. The molecule has 4 rings (SSSR count). The van der Waals surface area contributed by atoms with Crippen molar-refractivity contribution in [2.24, 2.45) is 5.84 Å². The van der Waals surface area contributed by atoms with Gasteiger partial charge in [0.15, 0.2) is 0 Å². The highest BCUT2D eigenvalue weighted by atomic mass is 32.2. The van der Waals surface area contributed by atoms with E-state index in [-0.39, 0.29) is 11.3 Å². The molecule has 0 radical (unpaired) electrons. The molecule has 1 amide bonds. The van der Waals surface area contributed by atoms with E-state index >= 15 is 0 Å². The molecule has 0 spiro atoms. The van der Waals surface area contributed by atoms with E-state index < -0.39 is 21.7 Å². The van der Waals surface area contributed by atoms with Crippen LogP contribution >= 0.6 is 0 Å². The van der Waals surface area contributed by atoms with Crippen molar-refractivity contribution in [2.75, 3.05) is 17.1 Å². The van der Waals surface area contributed by atoms with Gasteiger partial charge in [0.25, 0.3) is 5.91 Å². The van der Waals surface area contributed by atoms with Gasteiger partial charge in [-0.15, -0.1) is 0 Å². The van der Waals surface area contributed by atoms with E-state index in [0.717, 1.165) is 18.4 Å². The molecule has 0 saturated carbocycles. The summed E-state index contributed by atoms with van der Waals surface area (Å²) in [5, 5.41) is 0.529. The molecule has 29 heavy (non-hydrogen) atoms. The maximum absolute atomic E-state index is 13.3. The molecule has 0 saturated heterocycles. The molecular weight excluding hydrogens is 397 g/mol. The molecular formula is C20H20FN3O4S. The minimum absolute atomic E-state index is 0.229. The van der Waals surface area contributed by atoms with E-state index in [1.165, 1.54) is 34.8 Å². The number of rotatable bonds is 3. The van der Waals surface area contributed by atoms with Gasteiger partial charge in [-0.25, -0.2) is 18.7 Å². The summed E-state index contributed by atoms with van der Waals surface area (Å²) in [5.41, 5.74) is 4.59. The first-order valence-corrected chi connectivity index (χ1v) is 11.0. The van der Waals surface area contributed by atoms with Crippen LogP contribution in [-0.4, -0.2) is 27.1 Å². The predicted octanol–water partition coefficient (Wildman–Crippen LogP) is 2.94. The number of aryl methyl sites for hydroxylation is 1. The number of halogens is 1. The number of nitrogens with two attached hydrogens (primary N) is 1. The Morgan fingerprint density at radius 2 is 1.93 bits per heavy atom. The quantitative estimate of drug-likeness (QED) is 0.387. The topological polar surface area (TPSA) is 106 Å². The van der Waals surface area contributed by atoms with Gasteiger partial charge in [0.1, 0.15) is 17.2 Å². The van der Waals surface area contributed by atoms with Crippen LogP contribution in [0.2, 0.25) is 0 Å². The fraction of sp³-hybridized carbons (Fsp3) is 0.250. The van der Waals surface area contributed by atoms with Crippen molar-refractivity contribution in [2.45, 2.75) is 19.3 Å². The Labute approximate surface area is 167 Å². The van der Waals surface area contributed by atoms with Gasteiger partial charge in [0.2, 0.25) is 10.0 Å². The Hall–Kier alpha value is -2.91. The highest BCUT2D eigenvalue weighted by Crippen LogP contribution is 2.39. The van der Waals surface area contributed by atoms with Gasteiger partial charge in [0.05, 0.1) is 17.5 Å². The average molecular weight is 417 g/mol. The zero-order chi connectivity index (χ0) is 20.8. The van der Waals surface area contributed by atoms with Gasteiger partial charge in [-0.2, -0.15) is 0 Å². The fourth-order valence-electron chi connectivity index (χ4n) is 3.75. The first kappa shape index (κ1) is 19.4. The molecule has 2 heterocycles. The van der Waals surface area contributed by atoms with Crippen LogP contribution in [0.5, 0.6) is 0 Å². The van der Waals surface area contributed by atoms with E-state index in [4.69, 9.17) is 10.3 Å². The van der Waals surface area contributed by atoms with Gasteiger partial charge in [-0.3, -0.25) is 14.5 Å². The first-order chi connectivity index (χ1) is 13.8. The van der Waals surface area contributed by atoms with Gasteiger partial charge in [-0.1, -0.05) is 0 Å². The number of nitrogens with zero attached hydrogens (tertiary/aromatic N) is 1. The molecule has 2 aromatic carbocycles. The Balaban J connectivity index is 1.99. The molecule has 0 aliphatic carbocycles. The molecule has 1 aliphatic heterocycles. The third-order valence-electron chi connectivity index (χ3n) is 5.08. The van der Waals surface area contributed by atoms with Crippen LogP contribution in [0, 0.1) is 5.82 Å². The molecule has 9 heteroatoms. The van der Waals surface area contributed by atoms with Crippen molar-refractivity contribution in [1.29, 1.82) is 0 Å². The Kier molecular flexibility index (Phi) is 4.79. The van der Waals surface area contributed by atoms with Crippen LogP contribution in [-0.2, 0) is 16.4 Å². The summed E-state index contributed by atoms with van der Waals surface area (Å²) >= 11 is 0. The Morgan fingerprint density at radius 1 is 1.21 bits per heavy atom. The number of sulfonamides is 1. The zero-order valence-electron chi connectivity index (χ0n) is 15.7. The molecule has 1 aromatic heterocycles. The van der Waals surface area contributed by atoms with Gasteiger partial charge in [-0.05, 0) is 55.2 Å². The lowest BCUT2D eigenvalue weighted by Gasteiger charge is -2.22. The van der Waals surface area contributed by atoms with Crippen molar-refractivity contribution < 1.29 is 22.0 Å². The number of fused-ring (bicyclic) bond motifs is 2. The summed E-state index contributed by atoms with van der Waals surface area (Å²) < 4.78 is 45.3. The second kappa shape index (κ2) is 7.16. The van der Waals surface area contributed by atoms with Crippen molar-refractivity contribution in [3.05, 3.63) is 53.3 Å². The summed E-state index contributed by atoms with van der Waals surface area (Å²) in [6.07, 6.45) is 3.41. The predicted molar refractivity (Wildman–Crippen MR) is 108 cm³/mol. The van der Waals surface area contributed by atoms with Crippen molar-refractivity contribution in [3.8, 4) is 11.3 Å². The normalized spacial score (nSPS) is 14.5.